The van der Waals surface area contributed by atoms with Crippen LogP contribution in [0, 0.1) is 0 Å². The number of hydrogen-bond acceptors (Lipinski definition) is 5. The number of nitrogens with zero attached hydrogens (tertiary/aromatic N) is 1. The number of para-hydroxylation sites is 2. The molecule has 2 amide bonds. The van der Waals surface area contributed by atoms with E-state index in [9.17, 15) is 9.59 Å². The van der Waals surface area contributed by atoms with Crippen molar-refractivity contribution in [3.63, 3.8) is 0 Å². The van der Waals surface area contributed by atoms with E-state index in [4.69, 9.17) is 4.74 Å². The molecule has 0 fully saturated rings. The maximum absolute atomic E-state index is 12.5. The Hall–Kier alpha value is -3.87. The molecule has 29 heavy (non-hydrogen) atoms. The van der Waals surface area contributed by atoms with E-state index in [2.05, 4.69) is 20.9 Å². The number of pyridine rings is 1. The van der Waals surface area contributed by atoms with E-state index in [1.807, 2.05) is 37.3 Å². The standard InChI is InChI=1S/C22H22N4O3/c1-3-29-20-7-5-4-6-19(20)26-22(28)16-8-13-21(23-14-16)25-18-11-9-17(10-12-18)24-15(2)27/h4-14H,3H2,1-2H3,(H,23,25)(H,24,27)(H,26,28). The Bertz CT molecular complexity index is 986. The van der Waals surface area contributed by atoms with Crippen LogP contribution in [0.5, 0.6) is 5.75 Å². The molecule has 7 heteroatoms. The van der Waals surface area contributed by atoms with Gasteiger partial charge in [-0.05, 0) is 55.5 Å². The second kappa shape index (κ2) is 9.36. The van der Waals surface area contributed by atoms with Gasteiger partial charge in [-0.3, -0.25) is 9.59 Å². The molecule has 0 radical (unpaired) electrons. The van der Waals surface area contributed by atoms with E-state index in [1.165, 1.54) is 13.1 Å². The third kappa shape index (κ3) is 5.55. The topological polar surface area (TPSA) is 92.4 Å². The van der Waals surface area contributed by atoms with Gasteiger partial charge in [0.2, 0.25) is 5.91 Å². The minimum atomic E-state index is -0.268. The molecule has 0 spiro atoms. The number of benzene rings is 2. The van der Waals surface area contributed by atoms with Crippen molar-refractivity contribution < 1.29 is 14.3 Å². The van der Waals surface area contributed by atoms with Crippen molar-refractivity contribution in [1.29, 1.82) is 0 Å². The summed E-state index contributed by atoms with van der Waals surface area (Å²) in [5.41, 5.74) is 2.58. The van der Waals surface area contributed by atoms with Gasteiger partial charge < -0.3 is 20.7 Å². The first-order valence-corrected chi connectivity index (χ1v) is 9.19. The summed E-state index contributed by atoms with van der Waals surface area (Å²) in [5.74, 6) is 0.835. The summed E-state index contributed by atoms with van der Waals surface area (Å²) in [6.07, 6.45) is 1.51. The summed E-state index contributed by atoms with van der Waals surface area (Å²) in [6.45, 7) is 3.87. The van der Waals surface area contributed by atoms with Crippen molar-refractivity contribution in [3.05, 3.63) is 72.4 Å². The Morgan fingerprint density at radius 2 is 1.66 bits per heavy atom. The van der Waals surface area contributed by atoms with Crippen LogP contribution in [-0.2, 0) is 4.79 Å². The van der Waals surface area contributed by atoms with Crippen LogP contribution in [0.3, 0.4) is 0 Å². The monoisotopic (exact) mass is 390 g/mol. The molecule has 3 N–H and O–H groups in total. The van der Waals surface area contributed by atoms with E-state index in [0.717, 1.165) is 11.4 Å². The SMILES string of the molecule is CCOc1ccccc1NC(=O)c1ccc(Nc2ccc(NC(C)=O)cc2)nc1. The van der Waals surface area contributed by atoms with Crippen LogP contribution in [0.2, 0.25) is 0 Å². The first-order valence-electron chi connectivity index (χ1n) is 9.19. The Morgan fingerprint density at radius 1 is 0.931 bits per heavy atom. The van der Waals surface area contributed by atoms with Crippen LogP contribution in [0.25, 0.3) is 0 Å². The van der Waals surface area contributed by atoms with Gasteiger partial charge in [0, 0.05) is 24.5 Å². The lowest BCUT2D eigenvalue weighted by molar-refractivity contribution is -0.114. The normalized spacial score (nSPS) is 10.1. The molecule has 0 aliphatic rings. The molecule has 2 aromatic carbocycles. The second-order valence-corrected chi connectivity index (χ2v) is 6.20. The molecule has 3 aromatic rings. The first kappa shape index (κ1) is 19.9. The Balaban J connectivity index is 1.64. The van der Waals surface area contributed by atoms with Gasteiger partial charge in [-0.2, -0.15) is 0 Å². The number of hydrogen-bond donors (Lipinski definition) is 3. The van der Waals surface area contributed by atoms with E-state index in [1.54, 1.807) is 30.3 Å². The van der Waals surface area contributed by atoms with E-state index in [0.29, 0.717) is 29.4 Å². The Labute approximate surface area is 169 Å². The molecule has 0 aliphatic carbocycles. The quantitative estimate of drug-likeness (QED) is 0.555. The van der Waals surface area contributed by atoms with Crippen molar-refractivity contribution in [2.45, 2.75) is 13.8 Å². The molecule has 7 nitrogen and oxygen atoms in total. The van der Waals surface area contributed by atoms with Crippen LogP contribution in [0.1, 0.15) is 24.2 Å². The minimum absolute atomic E-state index is 0.120. The second-order valence-electron chi connectivity index (χ2n) is 6.20. The number of nitrogens with one attached hydrogen (secondary N) is 3. The fraction of sp³-hybridized carbons (Fsp3) is 0.136. The molecular formula is C22H22N4O3. The van der Waals surface area contributed by atoms with Crippen molar-refractivity contribution in [3.8, 4) is 5.75 Å². The fourth-order valence-corrected chi connectivity index (χ4v) is 2.64. The summed E-state index contributed by atoms with van der Waals surface area (Å²) < 4.78 is 5.53. The maximum atomic E-state index is 12.5. The largest absolute Gasteiger partial charge is 0.492 e. The fourth-order valence-electron chi connectivity index (χ4n) is 2.64. The van der Waals surface area contributed by atoms with Gasteiger partial charge in [0.25, 0.3) is 5.91 Å². The Kier molecular flexibility index (Phi) is 6.42. The highest BCUT2D eigenvalue weighted by atomic mass is 16.5. The van der Waals surface area contributed by atoms with Crippen molar-refractivity contribution in [2.75, 3.05) is 22.6 Å². The average Bonchev–Trinajstić information content (AvgIpc) is 2.71. The van der Waals surface area contributed by atoms with Crippen molar-refractivity contribution in [2.24, 2.45) is 0 Å². The van der Waals surface area contributed by atoms with E-state index >= 15 is 0 Å². The number of carbonyl (C=O) groups is 2. The zero-order chi connectivity index (χ0) is 20.6. The van der Waals surface area contributed by atoms with Gasteiger partial charge in [-0.1, -0.05) is 12.1 Å². The predicted molar refractivity (Wildman–Crippen MR) is 114 cm³/mol. The summed E-state index contributed by atoms with van der Waals surface area (Å²) in [7, 11) is 0. The van der Waals surface area contributed by atoms with Crippen LogP contribution in [0.4, 0.5) is 22.9 Å². The predicted octanol–water partition coefficient (Wildman–Crippen LogP) is 4.43. The lowest BCUT2D eigenvalue weighted by Gasteiger charge is -2.11. The highest BCUT2D eigenvalue weighted by molar-refractivity contribution is 6.04. The van der Waals surface area contributed by atoms with Crippen molar-refractivity contribution in [1.82, 2.24) is 4.98 Å². The molecule has 0 bridgehead atoms. The summed E-state index contributed by atoms with van der Waals surface area (Å²) in [5, 5.41) is 8.71. The number of anilines is 4. The average molecular weight is 390 g/mol. The molecule has 0 unspecified atom stereocenters. The van der Waals surface area contributed by atoms with Crippen molar-refractivity contribution >= 4 is 34.7 Å². The number of carbonyl (C=O) groups excluding carboxylic acids is 2. The first-order chi connectivity index (χ1) is 14.0. The number of aromatic nitrogens is 1. The van der Waals surface area contributed by atoms with Crippen LogP contribution in [0.15, 0.2) is 66.9 Å². The third-order valence-electron chi connectivity index (χ3n) is 3.94. The zero-order valence-electron chi connectivity index (χ0n) is 16.2. The smallest absolute Gasteiger partial charge is 0.257 e. The van der Waals surface area contributed by atoms with Crippen LogP contribution >= 0.6 is 0 Å². The van der Waals surface area contributed by atoms with Crippen LogP contribution < -0.4 is 20.7 Å². The molecule has 1 heterocycles. The zero-order valence-corrected chi connectivity index (χ0v) is 16.2. The Morgan fingerprint density at radius 3 is 2.31 bits per heavy atom. The highest BCUT2D eigenvalue weighted by Crippen LogP contribution is 2.24. The lowest BCUT2D eigenvalue weighted by Crippen LogP contribution is -2.13. The third-order valence-corrected chi connectivity index (χ3v) is 3.94. The van der Waals surface area contributed by atoms with Gasteiger partial charge in [0.05, 0.1) is 17.9 Å². The summed E-state index contributed by atoms with van der Waals surface area (Å²) in [6, 6.07) is 18.0. The molecule has 1 aromatic heterocycles. The minimum Gasteiger partial charge on any atom is -0.492 e. The van der Waals surface area contributed by atoms with Crippen LogP contribution in [-0.4, -0.2) is 23.4 Å². The summed E-state index contributed by atoms with van der Waals surface area (Å²) >= 11 is 0. The molecule has 0 saturated carbocycles. The molecule has 148 valence electrons. The maximum Gasteiger partial charge on any atom is 0.257 e. The van der Waals surface area contributed by atoms with Gasteiger partial charge in [-0.15, -0.1) is 0 Å². The molecular weight excluding hydrogens is 368 g/mol. The van der Waals surface area contributed by atoms with Gasteiger partial charge in [0.15, 0.2) is 0 Å². The number of rotatable bonds is 7. The number of amides is 2. The molecule has 0 aliphatic heterocycles. The highest BCUT2D eigenvalue weighted by Gasteiger charge is 2.10. The molecule has 0 atom stereocenters. The van der Waals surface area contributed by atoms with E-state index in [-0.39, 0.29) is 11.8 Å². The van der Waals surface area contributed by atoms with E-state index < -0.39 is 0 Å². The van der Waals surface area contributed by atoms with Gasteiger partial charge in [0.1, 0.15) is 11.6 Å². The number of ether oxygens (including phenoxy) is 1. The van der Waals surface area contributed by atoms with Gasteiger partial charge >= 0.3 is 0 Å². The summed E-state index contributed by atoms with van der Waals surface area (Å²) in [4.78, 5) is 27.9. The molecule has 3 rings (SSSR count). The lowest BCUT2D eigenvalue weighted by atomic mass is 10.2. The van der Waals surface area contributed by atoms with Gasteiger partial charge in [-0.25, -0.2) is 4.98 Å². The molecule has 0 saturated heterocycles.